The Kier molecular flexibility index (Phi) is 4.02. The molecule has 21 heavy (non-hydrogen) atoms. The van der Waals surface area contributed by atoms with E-state index in [1.54, 1.807) is 10.6 Å². The Bertz CT molecular complexity index is 791. The smallest absolute Gasteiger partial charge is 0.251 e. The summed E-state index contributed by atoms with van der Waals surface area (Å²) in [5.74, 6) is 0. The zero-order valence-electron chi connectivity index (χ0n) is 11.4. The summed E-state index contributed by atoms with van der Waals surface area (Å²) in [7, 11) is 0. The van der Waals surface area contributed by atoms with Gasteiger partial charge in [0.1, 0.15) is 0 Å². The van der Waals surface area contributed by atoms with Gasteiger partial charge in [0.25, 0.3) is 5.56 Å². The van der Waals surface area contributed by atoms with Gasteiger partial charge >= 0.3 is 0 Å². The molecule has 0 radical (unpaired) electrons. The van der Waals surface area contributed by atoms with Gasteiger partial charge in [0.05, 0.1) is 12.2 Å². The number of nitrogens with zero attached hydrogens (tertiary/aromatic N) is 1. The molecule has 2 nitrogen and oxygen atoms in total. The van der Waals surface area contributed by atoms with Gasteiger partial charge in [-0.15, -0.1) is 0 Å². The van der Waals surface area contributed by atoms with E-state index >= 15 is 0 Å². The SMILES string of the molecule is O=c1cccc(-c2ccccc2)n1Cc1ccc(Br)cc1. The Morgan fingerprint density at radius 3 is 2.24 bits per heavy atom. The van der Waals surface area contributed by atoms with E-state index in [1.165, 1.54) is 0 Å². The van der Waals surface area contributed by atoms with Gasteiger partial charge in [-0.2, -0.15) is 0 Å². The number of halogens is 1. The van der Waals surface area contributed by atoms with Crippen LogP contribution in [0.25, 0.3) is 11.3 Å². The molecule has 2 aromatic carbocycles. The first-order valence-electron chi connectivity index (χ1n) is 6.74. The lowest BCUT2D eigenvalue weighted by Gasteiger charge is -2.13. The molecule has 1 heterocycles. The normalized spacial score (nSPS) is 10.5. The van der Waals surface area contributed by atoms with E-state index < -0.39 is 0 Å². The monoisotopic (exact) mass is 339 g/mol. The largest absolute Gasteiger partial charge is 0.304 e. The van der Waals surface area contributed by atoms with E-state index in [0.717, 1.165) is 21.3 Å². The lowest BCUT2D eigenvalue weighted by Crippen LogP contribution is -2.21. The minimum absolute atomic E-state index is 0.0132. The minimum atomic E-state index is 0.0132. The molecule has 0 saturated carbocycles. The van der Waals surface area contributed by atoms with Crippen LogP contribution in [0.2, 0.25) is 0 Å². The second kappa shape index (κ2) is 6.10. The molecule has 0 N–H and O–H groups in total. The van der Waals surface area contributed by atoms with Crippen molar-refractivity contribution in [1.82, 2.24) is 4.57 Å². The third-order valence-corrected chi connectivity index (χ3v) is 3.90. The summed E-state index contributed by atoms with van der Waals surface area (Å²) in [5.41, 5.74) is 3.10. The van der Waals surface area contributed by atoms with Crippen molar-refractivity contribution in [2.75, 3.05) is 0 Å². The number of pyridine rings is 1. The zero-order valence-corrected chi connectivity index (χ0v) is 13.0. The molecule has 0 spiro atoms. The summed E-state index contributed by atoms with van der Waals surface area (Å²) in [6.45, 7) is 0.567. The fraction of sp³-hybridized carbons (Fsp3) is 0.0556. The van der Waals surface area contributed by atoms with Crippen LogP contribution in [-0.2, 0) is 6.54 Å². The van der Waals surface area contributed by atoms with Gasteiger partial charge in [-0.25, -0.2) is 0 Å². The highest BCUT2D eigenvalue weighted by Crippen LogP contribution is 2.19. The molecule has 104 valence electrons. The van der Waals surface area contributed by atoms with Gasteiger partial charge < -0.3 is 4.57 Å². The molecule has 0 aliphatic rings. The van der Waals surface area contributed by atoms with Gasteiger partial charge in [0.15, 0.2) is 0 Å². The van der Waals surface area contributed by atoms with E-state index in [4.69, 9.17) is 0 Å². The van der Waals surface area contributed by atoms with E-state index in [2.05, 4.69) is 15.9 Å². The third-order valence-electron chi connectivity index (χ3n) is 3.37. The summed E-state index contributed by atoms with van der Waals surface area (Å²) >= 11 is 3.43. The Balaban J connectivity index is 2.06. The molecule has 0 amide bonds. The first kappa shape index (κ1) is 13.8. The predicted octanol–water partition coefficient (Wildman–Crippen LogP) is 4.33. The van der Waals surface area contributed by atoms with Crippen molar-refractivity contribution in [3.63, 3.8) is 0 Å². The second-order valence-electron chi connectivity index (χ2n) is 4.83. The number of hydrogen-bond donors (Lipinski definition) is 0. The summed E-state index contributed by atoms with van der Waals surface area (Å²) < 4.78 is 2.84. The molecule has 3 aromatic rings. The summed E-state index contributed by atoms with van der Waals surface area (Å²) in [6, 6.07) is 23.4. The van der Waals surface area contributed by atoms with Crippen LogP contribution in [0.15, 0.2) is 82.1 Å². The Hall–Kier alpha value is -2.13. The van der Waals surface area contributed by atoms with Gasteiger partial charge in [0, 0.05) is 10.5 Å². The standard InChI is InChI=1S/C18H14BrNO/c19-16-11-9-14(10-12-16)13-20-17(7-4-8-18(20)21)15-5-2-1-3-6-15/h1-12H,13H2. The number of benzene rings is 2. The molecular weight excluding hydrogens is 326 g/mol. The second-order valence-corrected chi connectivity index (χ2v) is 5.74. The van der Waals surface area contributed by atoms with E-state index in [-0.39, 0.29) is 5.56 Å². The van der Waals surface area contributed by atoms with E-state index in [9.17, 15) is 4.79 Å². The van der Waals surface area contributed by atoms with Crippen LogP contribution < -0.4 is 5.56 Å². The van der Waals surface area contributed by atoms with Gasteiger partial charge in [-0.3, -0.25) is 4.79 Å². The van der Waals surface area contributed by atoms with Crippen LogP contribution in [0.3, 0.4) is 0 Å². The molecule has 0 atom stereocenters. The average Bonchev–Trinajstić information content (AvgIpc) is 2.52. The van der Waals surface area contributed by atoms with Crippen LogP contribution in [0.4, 0.5) is 0 Å². The molecule has 0 aliphatic heterocycles. The molecule has 0 bridgehead atoms. The molecule has 0 fully saturated rings. The van der Waals surface area contributed by atoms with Crippen LogP contribution in [-0.4, -0.2) is 4.57 Å². The molecule has 1 aromatic heterocycles. The third kappa shape index (κ3) is 3.14. The number of aromatic nitrogens is 1. The zero-order chi connectivity index (χ0) is 14.7. The van der Waals surface area contributed by atoms with Crippen molar-refractivity contribution >= 4 is 15.9 Å². The number of rotatable bonds is 3. The van der Waals surface area contributed by atoms with E-state index in [0.29, 0.717) is 6.54 Å². The van der Waals surface area contributed by atoms with Crippen molar-refractivity contribution in [2.45, 2.75) is 6.54 Å². The van der Waals surface area contributed by atoms with Crippen LogP contribution in [0, 0.1) is 0 Å². The van der Waals surface area contributed by atoms with Gasteiger partial charge in [-0.1, -0.05) is 64.5 Å². The van der Waals surface area contributed by atoms with Gasteiger partial charge in [0.2, 0.25) is 0 Å². The molecule has 3 heteroatoms. The van der Waals surface area contributed by atoms with E-state index in [1.807, 2.05) is 66.7 Å². The molecule has 0 unspecified atom stereocenters. The fourth-order valence-corrected chi connectivity index (χ4v) is 2.58. The lowest BCUT2D eigenvalue weighted by molar-refractivity contribution is 0.768. The first-order chi connectivity index (χ1) is 10.2. The summed E-state index contributed by atoms with van der Waals surface area (Å²) in [5, 5.41) is 0. The highest BCUT2D eigenvalue weighted by atomic mass is 79.9. The average molecular weight is 340 g/mol. The number of hydrogen-bond acceptors (Lipinski definition) is 1. The van der Waals surface area contributed by atoms with Crippen molar-refractivity contribution in [2.24, 2.45) is 0 Å². The van der Waals surface area contributed by atoms with Crippen LogP contribution >= 0.6 is 15.9 Å². The quantitative estimate of drug-likeness (QED) is 0.696. The van der Waals surface area contributed by atoms with Crippen molar-refractivity contribution in [3.8, 4) is 11.3 Å². The fourth-order valence-electron chi connectivity index (χ4n) is 2.32. The predicted molar refractivity (Wildman–Crippen MR) is 89.4 cm³/mol. The van der Waals surface area contributed by atoms with Crippen LogP contribution in [0.5, 0.6) is 0 Å². The van der Waals surface area contributed by atoms with Crippen molar-refractivity contribution in [1.29, 1.82) is 0 Å². The van der Waals surface area contributed by atoms with Crippen molar-refractivity contribution < 1.29 is 0 Å². The molecule has 0 aliphatic carbocycles. The minimum Gasteiger partial charge on any atom is -0.304 e. The summed E-state index contributed by atoms with van der Waals surface area (Å²) in [4.78, 5) is 12.2. The Morgan fingerprint density at radius 1 is 0.810 bits per heavy atom. The highest BCUT2D eigenvalue weighted by molar-refractivity contribution is 9.10. The Morgan fingerprint density at radius 2 is 1.52 bits per heavy atom. The van der Waals surface area contributed by atoms with Crippen molar-refractivity contribution in [3.05, 3.63) is 93.2 Å². The molecule has 0 saturated heterocycles. The van der Waals surface area contributed by atoms with Gasteiger partial charge in [-0.05, 0) is 29.3 Å². The first-order valence-corrected chi connectivity index (χ1v) is 7.53. The summed E-state index contributed by atoms with van der Waals surface area (Å²) in [6.07, 6.45) is 0. The maximum Gasteiger partial charge on any atom is 0.251 e. The molecular formula is C18H14BrNO. The lowest BCUT2D eigenvalue weighted by atomic mass is 10.1. The topological polar surface area (TPSA) is 22.0 Å². The molecule has 3 rings (SSSR count). The maximum absolute atomic E-state index is 12.2. The van der Waals surface area contributed by atoms with Crippen LogP contribution in [0.1, 0.15) is 5.56 Å². The highest BCUT2D eigenvalue weighted by Gasteiger charge is 2.06. The maximum atomic E-state index is 12.2. The Labute approximate surface area is 131 Å².